The number of nitrogens with one attached hydrogen (secondary N) is 1. The van der Waals surface area contributed by atoms with Crippen LogP contribution in [0.3, 0.4) is 0 Å². The summed E-state index contributed by atoms with van der Waals surface area (Å²) in [5.74, 6) is 0. The summed E-state index contributed by atoms with van der Waals surface area (Å²) in [5, 5.41) is 8.71. The Labute approximate surface area is 112 Å². The normalized spacial score (nSPS) is 11.6. The van der Waals surface area contributed by atoms with Crippen LogP contribution in [-0.2, 0) is 12.6 Å². The molecule has 2 aromatic rings. The van der Waals surface area contributed by atoms with E-state index >= 15 is 0 Å². The van der Waals surface area contributed by atoms with Crippen LogP contribution in [0.15, 0.2) is 24.3 Å². The molecule has 2 rings (SSSR count). The van der Waals surface area contributed by atoms with E-state index in [2.05, 4.69) is 15.5 Å². The Balaban J connectivity index is 1.90. The summed E-state index contributed by atoms with van der Waals surface area (Å²) in [4.78, 5) is 0. The molecule has 0 saturated carbocycles. The minimum atomic E-state index is -4.42. The summed E-state index contributed by atoms with van der Waals surface area (Å²) >= 11 is 0.521. The lowest BCUT2D eigenvalue weighted by atomic mass is 10.1. The summed E-state index contributed by atoms with van der Waals surface area (Å²) < 4.78 is 37.0. The van der Waals surface area contributed by atoms with E-state index in [4.69, 9.17) is 0 Å². The van der Waals surface area contributed by atoms with Gasteiger partial charge in [0.25, 0.3) is 0 Å². The van der Waals surface area contributed by atoms with Crippen molar-refractivity contribution >= 4 is 16.5 Å². The van der Waals surface area contributed by atoms with E-state index in [0.29, 0.717) is 17.9 Å². The SMILES string of the molecule is Cc1ccccc1CCNc1nnc(C(F)(F)F)s1. The Kier molecular flexibility index (Phi) is 4.04. The van der Waals surface area contributed by atoms with Gasteiger partial charge in [0, 0.05) is 6.54 Å². The van der Waals surface area contributed by atoms with Gasteiger partial charge in [0.05, 0.1) is 0 Å². The Morgan fingerprint density at radius 1 is 1.21 bits per heavy atom. The molecule has 102 valence electrons. The molecule has 7 heteroatoms. The number of hydrogen-bond acceptors (Lipinski definition) is 4. The fourth-order valence-electron chi connectivity index (χ4n) is 1.60. The molecular weight excluding hydrogens is 275 g/mol. The van der Waals surface area contributed by atoms with Gasteiger partial charge in [-0.3, -0.25) is 0 Å². The first-order chi connectivity index (χ1) is 8.97. The molecule has 0 aliphatic heterocycles. The van der Waals surface area contributed by atoms with E-state index in [1.807, 2.05) is 31.2 Å². The molecule has 0 fully saturated rings. The smallest absolute Gasteiger partial charge is 0.360 e. The van der Waals surface area contributed by atoms with Crippen LogP contribution in [0.25, 0.3) is 0 Å². The molecule has 19 heavy (non-hydrogen) atoms. The largest absolute Gasteiger partial charge is 0.445 e. The van der Waals surface area contributed by atoms with Gasteiger partial charge in [0.1, 0.15) is 0 Å². The van der Waals surface area contributed by atoms with Gasteiger partial charge in [-0.25, -0.2) is 0 Å². The van der Waals surface area contributed by atoms with Crippen LogP contribution in [0.1, 0.15) is 16.1 Å². The molecule has 0 aliphatic carbocycles. The number of alkyl halides is 3. The second-order valence-corrected chi connectivity index (χ2v) is 4.99. The van der Waals surface area contributed by atoms with Crippen LogP contribution in [0.2, 0.25) is 0 Å². The zero-order valence-corrected chi connectivity index (χ0v) is 11.0. The minimum Gasteiger partial charge on any atom is -0.360 e. The topological polar surface area (TPSA) is 37.8 Å². The number of nitrogens with zero attached hydrogens (tertiary/aromatic N) is 2. The molecule has 0 spiro atoms. The Morgan fingerprint density at radius 3 is 2.58 bits per heavy atom. The van der Waals surface area contributed by atoms with Gasteiger partial charge < -0.3 is 5.32 Å². The number of aromatic nitrogens is 2. The monoisotopic (exact) mass is 287 g/mol. The molecule has 0 amide bonds. The fourth-order valence-corrected chi connectivity index (χ4v) is 2.24. The molecule has 0 bridgehead atoms. The van der Waals surface area contributed by atoms with Crippen molar-refractivity contribution in [3.05, 3.63) is 40.4 Å². The van der Waals surface area contributed by atoms with E-state index in [-0.39, 0.29) is 5.13 Å². The van der Waals surface area contributed by atoms with E-state index in [1.165, 1.54) is 0 Å². The first-order valence-corrected chi connectivity index (χ1v) is 6.47. The van der Waals surface area contributed by atoms with Crippen molar-refractivity contribution in [2.24, 2.45) is 0 Å². The fraction of sp³-hybridized carbons (Fsp3) is 0.333. The third-order valence-corrected chi connectivity index (χ3v) is 3.53. The van der Waals surface area contributed by atoms with Crippen molar-refractivity contribution in [2.75, 3.05) is 11.9 Å². The van der Waals surface area contributed by atoms with Gasteiger partial charge in [-0.05, 0) is 24.5 Å². The highest BCUT2D eigenvalue weighted by atomic mass is 32.1. The third-order valence-electron chi connectivity index (χ3n) is 2.60. The number of halogens is 3. The van der Waals surface area contributed by atoms with Crippen molar-refractivity contribution in [1.29, 1.82) is 0 Å². The number of hydrogen-bond donors (Lipinski definition) is 1. The molecule has 1 N–H and O–H groups in total. The highest BCUT2D eigenvalue weighted by Crippen LogP contribution is 2.32. The standard InChI is InChI=1S/C12H12F3N3S/c1-8-4-2-3-5-9(8)6-7-16-11-18-17-10(19-11)12(13,14)15/h2-5H,6-7H2,1H3,(H,16,18). The first kappa shape index (κ1) is 13.8. The van der Waals surface area contributed by atoms with E-state index in [9.17, 15) is 13.2 Å². The Bertz CT molecular complexity index is 551. The lowest BCUT2D eigenvalue weighted by Crippen LogP contribution is -2.05. The van der Waals surface area contributed by atoms with Crippen molar-refractivity contribution in [3.8, 4) is 0 Å². The predicted octanol–water partition coefficient (Wildman–Crippen LogP) is 3.52. The Morgan fingerprint density at radius 2 is 1.95 bits per heavy atom. The highest BCUT2D eigenvalue weighted by molar-refractivity contribution is 7.15. The molecule has 0 radical (unpaired) electrons. The molecule has 1 aromatic carbocycles. The van der Waals surface area contributed by atoms with Gasteiger partial charge in [-0.15, -0.1) is 10.2 Å². The maximum Gasteiger partial charge on any atom is 0.445 e. The molecule has 1 heterocycles. The van der Waals surface area contributed by atoms with E-state index in [0.717, 1.165) is 17.5 Å². The quantitative estimate of drug-likeness (QED) is 0.935. The van der Waals surface area contributed by atoms with Crippen LogP contribution >= 0.6 is 11.3 Å². The van der Waals surface area contributed by atoms with Crippen molar-refractivity contribution in [2.45, 2.75) is 19.5 Å². The van der Waals surface area contributed by atoms with Gasteiger partial charge in [0.15, 0.2) is 0 Å². The van der Waals surface area contributed by atoms with Crippen molar-refractivity contribution in [1.82, 2.24) is 10.2 Å². The lowest BCUT2D eigenvalue weighted by Gasteiger charge is -2.05. The third kappa shape index (κ3) is 3.66. The number of anilines is 1. The molecule has 0 aliphatic rings. The van der Waals surface area contributed by atoms with Gasteiger partial charge in [-0.2, -0.15) is 13.2 Å². The molecule has 0 atom stereocenters. The number of benzene rings is 1. The average molecular weight is 287 g/mol. The summed E-state index contributed by atoms with van der Waals surface area (Å²) in [6.45, 7) is 2.53. The van der Waals surface area contributed by atoms with E-state index < -0.39 is 11.2 Å². The van der Waals surface area contributed by atoms with Crippen LogP contribution in [-0.4, -0.2) is 16.7 Å². The van der Waals surface area contributed by atoms with Crippen LogP contribution < -0.4 is 5.32 Å². The molecule has 1 aromatic heterocycles. The highest BCUT2D eigenvalue weighted by Gasteiger charge is 2.35. The summed E-state index contributed by atoms with van der Waals surface area (Å²) in [7, 11) is 0. The Hall–Kier alpha value is -1.63. The lowest BCUT2D eigenvalue weighted by molar-refractivity contribution is -0.138. The predicted molar refractivity (Wildman–Crippen MR) is 68.3 cm³/mol. The van der Waals surface area contributed by atoms with Gasteiger partial charge in [-0.1, -0.05) is 35.6 Å². The molecule has 0 unspecified atom stereocenters. The summed E-state index contributed by atoms with van der Waals surface area (Å²) in [6, 6.07) is 7.89. The summed E-state index contributed by atoms with van der Waals surface area (Å²) in [5.41, 5.74) is 2.33. The average Bonchev–Trinajstić information content (AvgIpc) is 2.80. The maximum atomic E-state index is 12.3. The van der Waals surface area contributed by atoms with Gasteiger partial charge >= 0.3 is 6.18 Å². The van der Waals surface area contributed by atoms with Crippen LogP contribution in [0, 0.1) is 6.92 Å². The molecule has 3 nitrogen and oxygen atoms in total. The maximum absolute atomic E-state index is 12.3. The minimum absolute atomic E-state index is 0.195. The zero-order valence-electron chi connectivity index (χ0n) is 10.2. The second-order valence-electron chi connectivity index (χ2n) is 4.01. The second kappa shape index (κ2) is 5.56. The molecular formula is C12H12F3N3S. The zero-order chi connectivity index (χ0) is 13.9. The van der Waals surface area contributed by atoms with E-state index in [1.54, 1.807) is 0 Å². The molecule has 0 saturated heterocycles. The van der Waals surface area contributed by atoms with Crippen LogP contribution in [0.5, 0.6) is 0 Å². The first-order valence-electron chi connectivity index (χ1n) is 5.66. The summed E-state index contributed by atoms with van der Waals surface area (Å²) in [6.07, 6.45) is -3.69. The van der Waals surface area contributed by atoms with Crippen molar-refractivity contribution < 1.29 is 13.2 Å². The van der Waals surface area contributed by atoms with Crippen LogP contribution in [0.4, 0.5) is 18.3 Å². The number of rotatable bonds is 4. The van der Waals surface area contributed by atoms with Gasteiger partial charge in [0.2, 0.25) is 10.1 Å². The number of aryl methyl sites for hydroxylation is 1. The van der Waals surface area contributed by atoms with Crippen molar-refractivity contribution in [3.63, 3.8) is 0 Å².